The monoisotopic (exact) mass is 280 g/mol. The van der Waals surface area contributed by atoms with Crippen LogP contribution in [0.5, 0.6) is 0 Å². The molecule has 110 valence electrons. The van der Waals surface area contributed by atoms with Crippen molar-refractivity contribution in [2.24, 2.45) is 0 Å². The summed E-state index contributed by atoms with van der Waals surface area (Å²) < 4.78 is 4.93. The maximum absolute atomic E-state index is 11.9. The van der Waals surface area contributed by atoms with Gasteiger partial charge in [-0.1, -0.05) is 12.1 Å². The zero-order chi connectivity index (χ0) is 15.0. The second-order valence-corrected chi connectivity index (χ2v) is 4.47. The number of rotatable bonds is 7. The molecule has 0 heterocycles. The van der Waals surface area contributed by atoms with E-state index in [2.05, 4.69) is 5.32 Å². The quantitative estimate of drug-likeness (QED) is 0.747. The molecule has 0 aliphatic heterocycles. The summed E-state index contributed by atoms with van der Waals surface area (Å²) in [7, 11) is 3.32. The van der Waals surface area contributed by atoms with E-state index in [0.29, 0.717) is 24.4 Å². The molecule has 1 aromatic rings. The summed E-state index contributed by atoms with van der Waals surface area (Å²) >= 11 is 0. The van der Waals surface area contributed by atoms with Gasteiger partial charge in [0, 0.05) is 33.0 Å². The number of anilines is 1. The highest BCUT2D eigenvalue weighted by Gasteiger charge is 2.09. The minimum Gasteiger partial charge on any atom is -0.481 e. The van der Waals surface area contributed by atoms with Crippen LogP contribution in [0.1, 0.15) is 12.0 Å². The van der Waals surface area contributed by atoms with Gasteiger partial charge in [-0.05, 0) is 24.1 Å². The number of carboxylic acid groups (broad SMARTS) is 1. The molecule has 6 nitrogen and oxygen atoms in total. The minimum atomic E-state index is -0.898. The van der Waals surface area contributed by atoms with Crippen LogP contribution in [-0.4, -0.2) is 49.3 Å². The number of hydrogen-bond donors (Lipinski definition) is 2. The first-order valence-electron chi connectivity index (χ1n) is 6.34. The Hall–Kier alpha value is -2.08. The molecule has 0 fully saturated rings. The third-order valence-electron chi connectivity index (χ3n) is 2.72. The van der Waals surface area contributed by atoms with E-state index in [4.69, 9.17) is 9.84 Å². The lowest BCUT2D eigenvalue weighted by Gasteiger charge is -2.18. The van der Waals surface area contributed by atoms with E-state index < -0.39 is 5.97 Å². The number of carboxylic acids is 1. The van der Waals surface area contributed by atoms with Crippen LogP contribution in [0.25, 0.3) is 0 Å². The van der Waals surface area contributed by atoms with Crippen molar-refractivity contribution in [1.29, 1.82) is 0 Å². The molecule has 0 aromatic heterocycles. The van der Waals surface area contributed by atoms with Crippen LogP contribution < -0.4 is 5.32 Å². The van der Waals surface area contributed by atoms with Crippen LogP contribution >= 0.6 is 0 Å². The molecule has 0 unspecified atom stereocenters. The lowest BCUT2D eigenvalue weighted by Crippen LogP contribution is -2.32. The summed E-state index contributed by atoms with van der Waals surface area (Å²) in [4.78, 5) is 24.1. The summed E-state index contributed by atoms with van der Waals surface area (Å²) in [5, 5.41) is 11.5. The predicted octanol–water partition coefficient (Wildman–Crippen LogP) is 1.81. The van der Waals surface area contributed by atoms with E-state index in [1.807, 2.05) is 0 Å². The van der Waals surface area contributed by atoms with Crippen molar-refractivity contribution in [1.82, 2.24) is 4.90 Å². The molecule has 0 saturated carbocycles. The lowest BCUT2D eigenvalue weighted by molar-refractivity contribution is -0.136. The maximum Gasteiger partial charge on any atom is 0.321 e. The van der Waals surface area contributed by atoms with Crippen molar-refractivity contribution < 1.29 is 19.4 Å². The molecule has 0 saturated heterocycles. The summed E-state index contributed by atoms with van der Waals surface area (Å²) in [5.74, 6) is -0.898. The normalized spacial score (nSPS) is 10.1. The number of benzene rings is 1. The summed E-state index contributed by atoms with van der Waals surface area (Å²) in [5.41, 5.74) is 1.24. The standard InChI is InChI=1S/C14H20N2O4/c1-16(7-4-8-20-2)14(19)15-12-6-3-5-11(9-12)10-13(17)18/h3,5-6,9H,4,7-8,10H2,1-2H3,(H,15,19)(H,17,18). The Morgan fingerprint density at radius 3 is 2.80 bits per heavy atom. The van der Waals surface area contributed by atoms with E-state index in [1.54, 1.807) is 43.3 Å². The van der Waals surface area contributed by atoms with Gasteiger partial charge in [-0.15, -0.1) is 0 Å². The Kier molecular flexibility index (Phi) is 6.52. The number of methoxy groups -OCH3 is 1. The van der Waals surface area contributed by atoms with Crippen LogP contribution in [0.2, 0.25) is 0 Å². The molecule has 1 aromatic carbocycles. The van der Waals surface area contributed by atoms with Gasteiger partial charge < -0.3 is 20.1 Å². The molecule has 2 amide bonds. The van der Waals surface area contributed by atoms with Crippen LogP contribution in [0.15, 0.2) is 24.3 Å². The molecular formula is C14H20N2O4. The van der Waals surface area contributed by atoms with Gasteiger partial charge in [0.05, 0.1) is 6.42 Å². The first-order valence-corrected chi connectivity index (χ1v) is 6.34. The van der Waals surface area contributed by atoms with Crippen molar-refractivity contribution in [3.8, 4) is 0 Å². The van der Waals surface area contributed by atoms with Gasteiger partial charge in [-0.2, -0.15) is 0 Å². The number of nitrogens with zero attached hydrogens (tertiary/aromatic N) is 1. The zero-order valence-electron chi connectivity index (χ0n) is 11.8. The van der Waals surface area contributed by atoms with Crippen LogP contribution in [0.3, 0.4) is 0 Å². The molecule has 6 heteroatoms. The fourth-order valence-corrected chi connectivity index (χ4v) is 1.70. The van der Waals surface area contributed by atoms with Crippen molar-refractivity contribution in [3.63, 3.8) is 0 Å². The molecule has 2 N–H and O–H groups in total. The van der Waals surface area contributed by atoms with Gasteiger partial charge in [0.25, 0.3) is 0 Å². The van der Waals surface area contributed by atoms with Crippen molar-refractivity contribution >= 4 is 17.7 Å². The largest absolute Gasteiger partial charge is 0.481 e. The SMILES string of the molecule is COCCCN(C)C(=O)Nc1cccc(CC(=O)O)c1. The molecule has 0 bridgehead atoms. The number of amides is 2. The Bertz CT molecular complexity index is 462. The minimum absolute atomic E-state index is 0.0621. The highest BCUT2D eigenvalue weighted by atomic mass is 16.5. The van der Waals surface area contributed by atoms with E-state index in [1.165, 1.54) is 0 Å². The number of carbonyl (C=O) groups is 2. The van der Waals surface area contributed by atoms with Crippen molar-refractivity contribution in [2.75, 3.05) is 32.6 Å². The Labute approximate surface area is 118 Å². The Morgan fingerprint density at radius 1 is 1.40 bits per heavy atom. The van der Waals surface area contributed by atoms with E-state index in [-0.39, 0.29) is 12.5 Å². The topological polar surface area (TPSA) is 78.9 Å². The van der Waals surface area contributed by atoms with Gasteiger partial charge in [0.1, 0.15) is 0 Å². The third-order valence-corrected chi connectivity index (χ3v) is 2.72. The van der Waals surface area contributed by atoms with E-state index in [9.17, 15) is 9.59 Å². The van der Waals surface area contributed by atoms with Gasteiger partial charge >= 0.3 is 12.0 Å². The predicted molar refractivity (Wildman–Crippen MR) is 75.9 cm³/mol. The van der Waals surface area contributed by atoms with Crippen molar-refractivity contribution in [3.05, 3.63) is 29.8 Å². The smallest absolute Gasteiger partial charge is 0.321 e. The fourth-order valence-electron chi connectivity index (χ4n) is 1.70. The van der Waals surface area contributed by atoms with Gasteiger partial charge in [0.15, 0.2) is 0 Å². The molecular weight excluding hydrogens is 260 g/mol. The number of aliphatic carboxylic acids is 1. The zero-order valence-corrected chi connectivity index (χ0v) is 11.8. The summed E-state index contributed by atoms with van der Waals surface area (Å²) in [6, 6.07) is 6.60. The number of nitrogens with one attached hydrogen (secondary N) is 1. The third kappa shape index (κ3) is 5.71. The molecule has 20 heavy (non-hydrogen) atoms. The average molecular weight is 280 g/mol. The molecule has 0 aliphatic rings. The Morgan fingerprint density at radius 2 is 2.15 bits per heavy atom. The Balaban J connectivity index is 2.54. The van der Waals surface area contributed by atoms with Crippen molar-refractivity contribution in [2.45, 2.75) is 12.8 Å². The second kappa shape index (κ2) is 8.16. The van der Waals surface area contributed by atoms with E-state index in [0.717, 1.165) is 6.42 Å². The number of urea groups is 1. The highest BCUT2D eigenvalue weighted by molar-refractivity contribution is 5.89. The van der Waals surface area contributed by atoms with E-state index >= 15 is 0 Å². The van der Waals surface area contributed by atoms with Crippen LogP contribution in [-0.2, 0) is 16.0 Å². The highest BCUT2D eigenvalue weighted by Crippen LogP contribution is 2.12. The molecule has 0 aliphatic carbocycles. The average Bonchev–Trinajstić information content (AvgIpc) is 2.38. The van der Waals surface area contributed by atoms with Gasteiger partial charge in [0.2, 0.25) is 0 Å². The lowest BCUT2D eigenvalue weighted by atomic mass is 10.1. The molecule has 1 rings (SSSR count). The summed E-state index contributed by atoms with van der Waals surface area (Å²) in [6.45, 7) is 1.19. The summed E-state index contributed by atoms with van der Waals surface area (Å²) in [6.07, 6.45) is 0.701. The fraction of sp³-hybridized carbons (Fsp3) is 0.429. The van der Waals surface area contributed by atoms with Gasteiger partial charge in [-0.3, -0.25) is 4.79 Å². The first-order chi connectivity index (χ1) is 9.52. The first kappa shape index (κ1) is 16.0. The molecule has 0 atom stereocenters. The number of carbonyl (C=O) groups excluding carboxylic acids is 1. The van der Waals surface area contributed by atoms with Crippen LogP contribution in [0, 0.1) is 0 Å². The second-order valence-electron chi connectivity index (χ2n) is 4.47. The molecule has 0 spiro atoms. The number of hydrogen-bond acceptors (Lipinski definition) is 3. The van der Waals surface area contributed by atoms with Crippen LogP contribution in [0.4, 0.5) is 10.5 Å². The van der Waals surface area contributed by atoms with Gasteiger partial charge in [-0.25, -0.2) is 4.79 Å². The molecule has 0 radical (unpaired) electrons. The number of ether oxygens (including phenoxy) is 1. The maximum atomic E-state index is 11.9.